The summed E-state index contributed by atoms with van der Waals surface area (Å²) in [5.74, 6) is -1.70. The molecular formula is C18H18N6O16P3S2-3. The van der Waals surface area contributed by atoms with Crippen LogP contribution in [0.3, 0.4) is 0 Å². The highest BCUT2D eigenvalue weighted by atomic mass is 32.1. The van der Waals surface area contributed by atoms with Crippen molar-refractivity contribution in [3.05, 3.63) is 27.3 Å². The number of nitrogens with zero attached hydrogens (tertiary/aromatic N) is 3. The molecule has 0 radical (unpaired) electrons. The molecule has 0 aromatic carbocycles. The lowest BCUT2D eigenvalue weighted by atomic mass is 10.1. The van der Waals surface area contributed by atoms with Crippen LogP contribution in [0.25, 0.3) is 11.2 Å². The molecule has 45 heavy (non-hydrogen) atoms. The number of hydrogen-bond acceptors (Lipinski definition) is 20. The predicted molar refractivity (Wildman–Crippen MR) is 142 cm³/mol. The number of methoxy groups -OCH3 is 1. The van der Waals surface area contributed by atoms with E-state index in [1.54, 1.807) is 0 Å². The second-order valence-corrected chi connectivity index (χ2v) is 14.4. The van der Waals surface area contributed by atoms with E-state index < -0.39 is 72.8 Å². The lowest BCUT2D eigenvalue weighted by molar-refractivity contribution is -0.250. The number of thiophene rings is 1. The van der Waals surface area contributed by atoms with Crippen molar-refractivity contribution in [2.45, 2.75) is 30.8 Å². The first kappa shape index (κ1) is 33.9. The highest BCUT2D eigenvalue weighted by Gasteiger charge is 2.55. The number of esters is 1. The number of carbonyl (C=O) groups excluding carboxylic acids is 2. The number of carbonyl (C=O) groups is 2. The molecule has 27 heteroatoms. The van der Waals surface area contributed by atoms with Crippen LogP contribution in [0.2, 0.25) is 0 Å². The van der Waals surface area contributed by atoms with Crippen molar-refractivity contribution in [3.8, 4) is 0 Å². The van der Waals surface area contributed by atoms with Gasteiger partial charge < -0.3 is 59.1 Å². The minimum atomic E-state index is -6.17. The number of nitrogen functional groups attached to an aromatic ring is 1. The Kier molecular flexibility index (Phi) is 9.48. The summed E-state index contributed by atoms with van der Waals surface area (Å²) in [5.41, 5.74) is 6.23. The van der Waals surface area contributed by atoms with Crippen molar-refractivity contribution >= 4 is 81.7 Å². The zero-order chi connectivity index (χ0) is 32.9. The summed E-state index contributed by atoms with van der Waals surface area (Å²) in [6, 6.07) is 1.43. The van der Waals surface area contributed by atoms with Gasteiger partial charge in [-0.25, -0.2) is 23.4 Å². The summed E-state index contributed by atoms with van der Waals surface area (Å²) in [7, 11) is -16.9. The lowest BCUT2D eigenvalue weighted by Crippen LogP contribution is -2.34. The number of aromatic amines is 1. The van der Waals surface area contributed by atoms with Crippen molar-refractivity contribution in [1.29, 1.82) is 0 Å². The van der Waals surface area contributed by atoms with Crippen molar-refractivity contribution in [2.75, 3.05) is 24.8 Å². The molecule has 5 rings (SSSR count). The molecule has 2 aliphatic rings. The maximum Gasteiger partial charge on any atom is 0.350 e. The van der Waals surface area contributed by atoms with E-state index in [0.29, 0.717) is 0 Å². The Morgan fingerprint density at radius 2 is 1.91 bits per heavy atom. The molecule has 0 spiro atoms. The topological polar surface area (TPSA) is 324 Å². The number of nitrogens with two attached hydrogens (primary N) is 1. The third-order valence-corrected chi connectivity index (χ3v) is 10.8. The largest absolute Gasteiger partial charge is 0.756 e. The molecule has 5 N–H and O–H groups in total. The van der Waals surface area contributed by atoms with Crippen molar-refractivity contribution < 1.29 is 75.0 Å². The number of imidazole rings is 1. The van der Waals surface area contributed by atoms with Crippen LogP contribution in [0, 0.1) is 4.64 Å². The molecule has 2 aliphatic heterocycles. The standard InChI is InChI=1S/C18H21N6O16P3S2/c1-34-16(26)11-6(2-3-45-11)21-13(25)17-37-9-7(4-35-42(30,31)40-43(32,33)39-41(27,28)29)36-15(10(9)38-17)24-5-20-8-12(24)22-18(19)23-14(8)44/h2-3,5,7,9-10,15,17H,4H2,1H3,(H,21,25)(H,30,31)(H,32,33)(H2,27,28,29)(H3,19,22,23,44)/p-3/t7?,9?,10?,15?,17-/m1/s1. The van der Waals surface area contributed by atoms with Crippen molar-refractivity contribution in [2.24, 2.45) is 0 Å². The quantitative estimate of drug-likeness (QED) is 0.104. The van der Waals surface area contributed by atoms with Crippen molar-refractivity contribution in [1.82, 2.24) is 19.5 Å². The molecule has 8 atom stereocenters. The molecule has 0 aliphatic carbocycles. The summed E-state index contributed by atoms with van der Waals surface area (Å²) in [5, 5.41) is 3.99. The maximum atomic E-state index is 13.1. The zero-order valence-electron chi connectivity index (χ0n) is 22.0. The second-order valence-electron chi connectivity index (χ2n) is 8.84. The minimum absolute atomic E-state index is 0.0201. The average Bonchev–Trinajstić information content (AvgIpc) is 3.68. The van der Waals surface area contributed by atoms with E-state index in [1.807, 2.05) is 0 Å². The van der Waals surface area contributed by atoms with Gasteiger partial charge in [-0.1, -0.05) is 12.2 Å². The molecule has 5 heterocycles. The number of rotatable bonds is 11. The molecule has 0 saturated carbocycles. The molecular weight excluding hydrogens is 713 g/mol. The molecule has 2 fully saturated rings. The number of phosphoric ester groups is 1. The summed E-state index contributed by atoms with van der Waals surface area (Å²) in [6.07, 6.45) is -5.59. The molecule has 7 unspecified atom stereocenters. The van der Waals surface area contributed by atoms with Crippen LogP contribution >= 0.6 is 47.0 Å². The Morgan fingerprint density at radius 1 is 1.20 bits per heavy atom. The summed E-state index contributed by atoms with van der Waals surface area (Å²) in [6.45, 7) is -1.03. The summed E-state index contributed by atoms with van der Waals surface area (Å²) in [4.78, 5) is 79.0. The van der Waals surface area contributed by atoms with Gasteiger partial charge in [0.05, 0.1) is 25.7 Å². The molecule has 0 bridgehead atoms. The van der Waals surface area contributed by atoms with Crippen LogP contribution in [0.5, 0.6) is 0 Å². The molecule has 1 amide bonds. The highest BCUT2D eigenvalue weighted by molar-refractivity contribution is 7.71. The first-order valence-electron chi connectivity index (χ1n) is 11.9. The molecule has 22 nitrogen and oxygen atoms in total. The Bertz CT molecular complexity index is 1840. The first-order valence-corrected chi connectivity index (χ1v) is 17.6. The van der Waals surface area contributed by atoms with Crippen LogP contribution in [0.1, 0.15) is 15.9 Å². The number of phosphoric acid groups is 3. The number of anilines is 2. The van der Waals surface area contributed by atoms with E-state index in [9.17, 15) is 38.0 Å². The van der Waals surface area contributed by atoms with E-state index >= 15 is 0 Å². The summed E-state index contributed by atoms with van der Waals surface area (Å²) < 4.78 is 69.4. The Morgan fingerprint density at radius 3 is 2.60 bits per heavy atom. The van der Waals surface area contributed by atoms with Gasteiger partial charge in [0.25, 0.3) is 29.4 Å². The highest BCUT2D eigenvalue weighted by Crippen LogP contribution is 2.61. The van der Waals surface area contributed by atoms with E-state index in [-0.39, 0.29) is 32.3 Å². The van der Waals surface area contributed by atoms with Gasteiger partial charge in [-0.15, -0.1) is 11.3 Å². The number of H-pyrrole nitrogens is 1. The maximum absolute atomic E-state index is 13.1. The van der Waals surface area contributed by atoms with Crippen LogP contribution in [0.4, 0.5) is 11.6 Å². The molecule has 246 valence electrons. The van der Waals surface area contributed by atoms with Gasteiger partial charge in [0.1, 0.15) is 34.4 Å². The molecule has 3 aromatic rings. The number of ether oxygens (including phenoxy) is 4. The SMILES string of the molecule is COC(=O)c1sccc1NC(=O)[C@@H]1OC2C(COP(=O)([O-])OP(=O)([O-])OP(=O)([O-])O)OC(n3cnc4c(=S)nc(N)[nH]c43)C2O1. The molecule has 3 aromatic heterocycles. The summed E-state index contributed by atoms with van der Waals surface area (Å²) >= 11 is 6.16. The number of aromatic nitrogens is 4. The normalized spacial score (nSPS) is 26.9. The smallest absolute Gasteiger partial charge is 0.350 e. The Hall–Kier alpha value is -2.50. The van der Waals surface area contributed by atoms with Crippen LogP contribution in [-0.4, -0.2) is 74.6 Å². The Balaban J connectivity index is 1.39. The number of nitrogens with one attached hydrogen (secondary N) is 2. The van der Waals surface area contributed by atoms with Crippen LogP contribution in [-0.2, 0) is 50.6 Å². The lowest BCUT2D eigenvalue weighted by Gasteiger charge is -2.33. The van der Waals surface area contributed by atoms with Gasteiger partial charge in [-0.3, -0.25) is 23.1 Å². The fraction of sp³-hybridized carbons (Fsp3) is 0.389. The van der Waals surface area contributed by atoms with Crippen LogP contribution in [0.15, 0.2) is 17.8 Å². The third kappa shape index (κ3) is 7.57. The van der Waals surface area contributed by atoms with Gasteiger partial charge in [-0.2, -0.15) is 0 Å². The third-order valence-electron chi connectivity index (χ3n) is 5.89. The van der Waals surface area contributed by atoms with E-state index in [0.717, 1.165) is 18.4 Å². The first-order chi connectivity index (χ1) is 21.0. The van der Waals surface area contributed by atoms with Gasteiger partial charge in [0.2, 0.25) is 6.29 Å². The van der Waals surface area contributed by atoms with Gasteiger partial charge >= 0.3 is 5.97 Å². The van der Waals surface area contributed by atoms with Crippen molar-refractivity contribution in [3.63, 3.8) is 0 Å². The Labute approximate surface area is 258 Å². The number of hydrogen-bond donors (Lipinski definition) is 4. The van der Waals surface area contributed by atoms with Gasteiger partial charge in [0.15, 0.2) is 16.8 Å². The number of amides is 1. The average molecular weight is 731 g/mol. The fourth-order valence-electron chi connectivity index (χ4n) is 4.26. The minimum Gasteiger partial charge on any atom is -0.756 e. The van der Waals surface area contributed by atoms with E-state index in [4.69, 9.17) is 37.1 Å². The van der Waals surface area contributed by atoms with Crippen LogP contribution < -0.4 is 25.7 Å². The predicted octanol–water partition coefficient (Wildman–Crippen LogP) is -0.987. The van der Waals surface area contributed by atoms with Gasteiger partial charge in [-0.05, 0) is 11.4 Å². The fourth-order valence-corrected chi connectivity index (χ4v) is 8.17. The second kappa shape index (κ2) is 12.6. The number of fused-ring (bicyclic) bond motifs is 2. The van der Waals surface area contributed by atoms with Gasteiger partial charge in [0, 0.05) is 0 Å². The van der Waals surface area contributed by atoms with E-state index in [2.05, 4.69) is 38.2 Å². The van der Waals surface area contributed by atoms with E-state index in [1.165, 1.54) is 22.3 Å². The zero-order valence-corrected chi connectivity index (χ0v) is 26.3. The monoisotopic (exact) mass is 731 g/mol. The molecule has 2 saturated heterocycles.